The van der Waals surface area contributed by atoms with Gasteiger partial charge in [-0.3, -0.25) is 0 Å². The van der Waals surface area contributed by atoms with E-state index in [-0.39, 0.29) is 12.2 Å². The van der Waals surface area contributed by atoms with Gasteiger partial charge in [-0.15, -0.1) is 0 Å². The van der Waals surface area contributed by atoms with Gasteiger partial charge in [0.25, 0.3) is 0 Å². The second-order valence-electron chi connectivity index (χ2n) is 5.25. The van der Waals surface area contributed by atoms with E-state index >= 15 is 0 Å². The third-order valence-electron chi connectivity index (χ3n) is 3.29. The molecule has 2 rings (SSSR count). The van der Waals surface area contributed by atoms with Gasteiger partial charge in [-0.1, -0.05) is 36.4 Å². The molecule has 2 nitrogen and oxygen atoms in total. The van der Waals surface area contributed by atoms with Gasteiger partial charge < -0.3 is 9.84 Å². The van der Waals surface area contributed by atoms with Crippen LogP contribution in [0, 0.1) is 5.82 Å². The molecule has 1 N–H and O–H groups in total. The summed E-state index contributed by atoms with van der Waals surface area (Å²) in [6, 6.07) is 14.1. The first-order chi connectivity index (χ1) is 9.52. The molecule has 0 aliphatic heterocycles. The first-order valence-electron chi connectivity index (χ1n) is 6.59. The number of para-hydroxylation sites is 1. The Labute approximate surface area is 118 Å². The zero-order valence-corrected chi connectivity index (χ0v) is 11.8. The van der Waals surface area contributed by atoms with Gasteiger partial charge in [-0.2, -0.15) is 0 Å². The average Bonchev–Trinajstić information content (AvgIpc) is 2.41. The second-order valence-corrected chi connectivity index (χ2v) is 5.25. The maximum atomic E-state index is 13.7. The van der Waals surface area contributed by atoms with Crippen molar-refractivity contribution in [1.29, 1.82) is 0 Å². The number of ether oxygens (including phenoxy) is 1. The van der Waals surface area contributed by atoms with E-state index in [0.29, 0.717) is 12.0 Å². The van der Waals surface area contributed by atoms with E-state index in [4.69, 9.17) is 4.74 Å². The van der Waals surface area contributed by atoms with Gasteiger partial charge in [0.05, 0.1) is 12.7 Å². The molecule has 0 saturated heterocycles. The van der Waals surface area contributed by atoms with Crippen LogP contribution in [0.15, 0.2) is 48.5 Å². The van der Waals surface area contributed by atoms with Crippen molar-refractivity contribution in [2.75, 3.05) is 7.11 Å². The summed E-state index contributed by atoms with van der Waals surface area (Å²) < 4.78 is 18.9. The lowest BCUT2D eigenvalue weighted by Crippen LogP contribution is -2.30. The topological polar surface area (TPSA) is 29.5 Å². The van der Waals surface area contributed by atoms with Crippen LogP contribution in [0.3, 0.4) is 0 Å². The van der Waals surface area contributed by atoms with E-state index in [1.165, 1.54) is 6.07 Å². The van der Waals surface area contributed by atoms with Crippen LogP contribution in [0.5, 0.6) is 5.75 Å². The van der Waals surface area contributed by atoms with E-state index in [2.05, 4.69) is 0 Å². The Bertz CT molecular complexity index is 579. The molecular weight excluding hydrogens is 255 g/mol. The summed E-state index contributed by atoms with van der Waals surface area (Å²) in [5.74, 6) is 0.453. The quantitative estimate of drug-likeness (QED) is 0.905. The smallest absolute Gasteiger partial charge is 0.126 e. The first kappa shape index (κ1) is 14.5. The summed E-state index contributed by atoms with van der Waals surface area (Å²) in [7, 11) is 1.60. The Morgan fingerprint density at radius 3 is 2.20 bits per heavy atom. The second kappa shape index (κ2) is 6.06. The average molecular weight is 274 g/mol. The van der Waals surface area contributed by atoms with Crippen molar-refractivity contribution in [2.24, 2.45) is 0 Å². The summed E-state index contributed by atoms with van der Waals surface area (Å²) in [5.41, 5.74) is 0.403. The molecule has 0 bridgehead atoms. The summed E-state index contributed by atoms with van der Waals surface area (Å²) >= 11 is 0. The number of benzene rings is 2. The van der Waals surface area contributed by atoms with E-state index in [0.717, 1.165) is 11.3 Å². The normalized spacial score (nSPS) is 13.8. The van der Waals surface area contributed by atoms with Crippen LogP contribution in [-0.2, 0) is 12.8 Å². The van der Waals surface area contributed by atoms with Gasteiger partial charge in [0, 0.05) is 12.8 Å². The van der Waals surface area contributed by atoms with E-state index in [1.54, 1.807) is 32.2 Å². The minimum Gasteiger partial charge on any atom is -0.496 e. The Kier molecular flexibility index (Phi) is 4.40. The lowest BCUT2D eigenvalue weighted by Gasteiger charge is -2.24. The van der Waals surface area contributed by atoms with Crippen LogP contribution in [-0.4, -0.2) is 17.8 Å². The molecule has 20 heavy (non-hydrogen) atoms. The molecule has 0 aliphatic rings. The van der Waals surface area contributed by atoms with E-state index in [1.807, 2.05) is 24.3 Å². The molecule has 0 heterocycles. The molecule has 0 radical (unpaired) electrons. The van der Waals surface area contributed by atoms with Crippen LogP contribution < -0.4 is 4.74 Å². The molecule has 0 spiro atoms. The fourth-order valence-corrected chi connectivity index (χ4v) is 2.37. The molecule has 0 fully saturated rings. The van der Waals surface area contributed by atoms with Gasteiger partial charge in [0.2, 0.25) is 0 Å². The largest absolute Gasteiger partial charge is 0.496 e. The highest BCUT2D eigenvalue weighted by Gasteiger charge is 2.24. The molecule has 0 aliphatic carbocycles. The molecule has 0 saturated carbocycles. The Morgan fingerprint density at radius 2 is 1.55 bits per heavy atom. The molecule has 1 unspecified atom stereocenters. The molecular formula is C17H19FO2. The number of methoxy groups -OCH3 is 1. The third kappa shape index (κ3) is 3.58. The van der Waals surface area contributed by atoms with E-state index in [9.17, 15) is 9.50 Å². The monoisotopic (exact) mass is 274 g/mol. The van der Waals surface area contributed by atoms with Crippen LogP contribution in [0.4, 0.5) is 4.39 Å². The minimum atomic E-state index is -1.03. The Hall–Kier alpha value is -1.87. The van der Waals surface area contributed by atoms with Gasteiger partial charge >= 0.3 is 0 Å². The summed E-state index contributed by atoms with van der Waals surface area (Å²) in [6.07, 6.45) is 0.670. The molecule has 2 aromatic rings. The van der Waals surface area contributed by atoms with Gasteiger partial charge in [-0.25, -0.2) is 4.39 Å². The Balaban J connectivity index is 2.17. The predicted molar refractivity (Wildman–Crippen MR) is 77.4 cm³/mol. The summed E-state index contributed by atoms with van der Waals surface area (Å²) in [4.78, 5) is 0. The van der Waals surface area contributed by atoms with Crippen molar-refractivity contribution in [3.8, 4) is 5.75 Å². The molecule has 2 aromatic carbocycles. The number of aliphatic hydroxyl groups is 1. The SMILES string of the molecule is COc1ccccc1CC(C)(O)Cc1ccccc1F. The van der Waals surface area contributed by atoms with Crippen molar-refractivity contribution >= 4 is 0 Å². The van der Waals surface area contributed by atoms with Crippen molar-refractivity contribution < 1.29 is 14.2 Å². The van der Waals surface area contributed by atoms with Crippen molar-refractivity contribution in [3.05, 3.63) is 65.5 Å². The highest BCUT2D eigenvalue weighted by molar-refractivity contribution is 5.34. The molecule has 0 amide bonds. The van der Waals surface area contributed by atoms with Crippen molar-refractivity contribution in [2.45, 2.75) is 25.4 Å². The zero-order valence-electron chi connectivity index (χ0n) is 11.8. The molecule has 106 valence electrons. The number of rotatable bonds is 5. The van der Waals surface area contributed by atoms with Crippen LogP contribution in [0.25, 0.3) is 0 Å². The lowest BCUT2D eigenvalue weighted by atomic mass is 9.89. The number of hydrogen-bond donors (Lipinski definition) is 1. The fourth-order valence-electron chi connectivity index (χ4n) is 2.37. The molecule has 0 aromatic heterocycles. The number of halogens is 1. The van der Waals surface area contributed by atoms with Crippen molar-refractivity contribution in [3.63, 3.8) is 0 Å². The van der Waals surface area contributed by atoms with Crippen LogP contribution in [0.1, 0.15) is 18.1 Å². The van der Waals surface area contributed by atoms with Crippen molar-refractivity contribution in [1.82, 2.24) is 0 Å². The maximum absolute atomic E-state index is 13.7. The molecule has 3 heteroatoms. The lowest BCUT2D eigenvalue weighted by molar-refractivity contribution is 0.0593. The van der Waals surface area contributed by atoms with Crippen LogP contribution >= 0.6 is 0 Å². The Morgan fingerprint density at radius 1 is 1.00 bits per heavy atom. The first-order valence-corrected chi connectivity index (χ1v) is 6.59. The fraction of sp³-hybridized carbons (Fsp3) is 0.294. The highest BCUT2D eigenvalue weighted by Crippen LogP contribution is 2.25. The van der Waals surface area contributed by atoms with Gasteiger partial charge in [0.1, 0.15) is 11.6 Å². The summed E-state index contributed by atoms with van der Waals surface area (Å²) in [6.45, 7) is 1.71. The van der Waals surface area contributed by atoms with Gasteiger partial charge in [0.15, 0.2) is 0 Å². The standard InChI is InChI=1S/C17H19FO2/c1-17(19,11-13-7-3-5-9-15(13)18)12-14-8-4-6-10-16(14)20-2/h3-10,19H,11-12H2,1-2H3. The highest BCUT2D eigenvalue weighted by atomic mass is 19.1. The maximum Gasteiger partial charge on any atom is 0.126 e. The minimum absolute atomic E-state index is 0.262. The summed E-state index contributed by atoms with van der Waals surface area (Å²) in [5, 5.41) is 10.5. The molecule has 1 atom stereocenters. The van der Waals surface area contributed by atoms with Crippen LogP contribution in [0.2, 0.25) is 0 Å². The number of hydrogen-bond acceptors (Lipinski definition) is 2. The van der Waals surface area contributed by atoms with Gasteiger partial charge in [-0.05, 0) is 30.2 Å². The third-order valence-corrected chi connectivity index (χ3v) is 3.29. The predicted octanol–water partition coefficient (Wildman–Crippen LogP) is 3.37. The van der Waals surface area contributed by atoms with E-state index < -0.39 is 5.60 Å². The zero-order chi connectivity index (χ0) is 14.6.